The van der Waals surface area contributed by atoms with Crippen LogP contribution in [-0.4, -0.2) is 24.9 Å². The zero-order valence-corrected chi connectivity index (χ0v) is 32.5. The summed E-state index contributed by atoms with van der Waals surface area (Å²) in [5.41, 5.74) is 11.6. The third-order valence-electron chi connectivity index (χ3n) is 10.8. The molecule has 0 saturated heterocycles. The number of benzene rings is 7. The van der Waals surface area contributed by atoms with Crippen LogP contribution in [0.15, 0.2) is 168 Å². The highest BCUT2D eigenvalue weighted by atomic mass is 32.1. The van der Waals surface area contributed by atoms with E-state index >= 15 is 0 Å². The Bertz CT molecular complexity index is 3470. The smallest absolute Gasteiger partial charge is 0.164 e. The van der Waals surface area contributed by atoms with Crippen LogP contribution in [0.5, 0.6) is 0 Å². The van der Waals surface area contributed by atoms with E-state index < -0.39 is 0 Å². The highest BCUT2D eigenvalue weighted by Gasteiger charge is 2.24. The van der Waals surface area contributed by atoms with Gasteiger partial charge in [0.15, 0.2) is 23.3 Å². The molecule has 4 heterocycles. The van der Waals surface area contributed by atoms with Crippen molar-refractivity contribution >= 4 is 53.6 Å². The number of aryl methyl sites for hydroxylation is 1. The lowest BCUT2D eigenvalue weighted by Crippen LogP contribution is -2.01. The molecular weight excluding hydrogens is 743 g/mol. The Morgan fingerprint density at radius 1 is 0.492 bits per heavy atom. The monoisotopic (exact) mass is 773 g/mol. The summed E-state index contributed by atoms with van der Waals surface area (Å²) in [4.78, 5) is 26.0. The number of fused-ring (bicyclic) bond motifs is 6. The molecule has 0 unspecified atom stereocenters. The Morgan fingerprint density at radius 2 is 1.08 bits per heavy atom. The van der Waals surface area contributed by atoms with Gasteiger partial charge in [-0.05, 0) is 60.0 Å². The fourth-order valence-electron chi connectivity index (χ4n) is 7.99. The normalized spacial score (nSPS) is 11.5. The van der Waals surface area contributed by atoms with Crippen LogP contribution < -0.4 is 0 Å². The van der Waals surface area contributed by atoms with Gasteiger partial charge in [-0.1, -0.05) is 133 Å². The number of furan rings is 1. The summed E-state index contributed by atoms with van der Waals surface area (Å²) in [6.45, 7) is 2.09. The van der Waals surface area contributed by atoms with Crippen LogP contribution in [0.4, 0.5) is 0 Å². The summed E-state index contributed by atoms with van der Waals surface area (Å²) in [6, 6.07) is 55.1. The molecule has 0 atom stereocenters. The first kappa shape index (κ1) is 34.5. The van der Waals surface area contributed by atoms with Gasteiger partial charge in [-0.3, -0.25) is 0 Å². The average molecular weight is 774 g/mol. The Labute approximate surface area is 343 Å². The van der Waals surface area contributed by atoms with E-state index in [0.29, 0.717) is 23.3 Å². The van der Waals surface area contributed by atoms with Crippen LogP contribution in [0.2, 0.25) is 0 Å². The quantitative estimate of drug-likeness (QED) is 0.157. The summed E-state index contributed by atoms with van der Waals surface area (Å²) >= 11 is 1.71. The molecule has 11 aromatic rings. The molecule has 0 fully saturated rings. The molecule has 276 valence electrons. The maximum absolute atomic E-state index is 6.66. The Morgan fingerprint density at radius 3 is 1.81 bits per heavy atom. The summed E-state index contributed by atoms with van der Waals surface area (Å²) in [5.74, 6) is 5.17. The maximum atomic E-state index is 6.66. The number of thiophene rings is 1. The van der Waals surface area contributed by atoms with Crippen molar-refractivity contribution in [1.29, 1.82) is 0 Å². The van der Waals surface area contributed by atoms with Crippen molar-refractivity contribution in [3.8, 4) is 80.3 Å². The predicted octanol–water partition coefficient (Wildman–Crippen LogP) is 13.2. The summed E-state index contributed by atoms with van der Waals surface area (Å²) in [5, 5.41) is 2.93. The second kappa shape index (κ2) is 14.0. The van der Waals surface area contributed by atoms with Gasteiger partial charge in [-0.15, -0.1) is 17.8 Å². The second-order valence-electron chi connectivity index (χ2n) is 14.4. The fourth-order valence-corrected chi connectivity index (χ4v) is 9.13. The minimum Gasteiger partial charge on any atom is -0.456 e. The molecule has 0 aliphatic carbocycles. The van der Waals surface area contributed by atoms with Crippen LogP contribution in [-0.2, 0) is 0 Å². The van der Waals surface area contributed by atoms with Gasteiger partial charge in [0, 0.05) is 54.2 Å². The van der Waals surface area contributed by atoms with Gasteiger partial charge in [-0.2, -0.15) is 0 Å². The van der Waals surface area contributed by atoms with Gasteiger partial charge in [0.25, 0.3) is 0 Å². The topological polar surface area (TPSA) is 77.6 Å². The largest absolute Gasteiger partial charge is 0.456 e. The molecule has 11 rings (SSSR count). The van der Waals surface area contributed by atoms with E-state index in [-0.39, 0.29) is 0 Å². The molecule has 59 heavy (non-hydrogen) atoms. The summed E-state index contributed by atoms with van der Waals surface area (Å²) in [7, 11) is 0. The predicted molar refractivity (Wildman–Crippen MR) is 241 cm³/mol. The van der Waals surface area contributed by atoms with E-state index in [2.05, 4.69) is 79.6 Å². The molecule has 0 amide bonds. The summed E-state index contributed by atoms with van der Waals surface area (Å²) < 4.78 is 8.83. The highest BCUT2D eigenvalue weighted by Crippen LogP contribution is 2.45. The van der Waals surface area contributed by atoms with Crippen molar-refractivity contribution in [2.45, 2.75) is 6.92 Å². The van der Waals surface area contributed by atoms with Crippen LogP contribution in [0, 0.1) is 19.3 Å². The van der Waals surface area contributed by atoms with Gasteiger partial charge < -0.3 is 4.42 Å². The Hall–Kier alpha value is -7.79. The van der Waals surface area contributed by atoms with E-state index in [9.17, 15) is 0 Å². The molecule has 7 heteroatoms. The fraction of sp³-hybridized carbons (Fsp3) is 0.0192. The highest BCUT2D eigenvalue weighted by molar-refractivity contribution is 7.26. The van der Waals surface area contributed by atoms with Crippen LogP contribution in [0.25, 0.3) is 110 Å². The third kappa shape index (κ3) is 5.85. The molecule has 4 aromatic heterocycles. The van der Waals surface area contributed by atoms with E-state index in [1.807, 2.05) is 97.1 Å². The van der Waals surface area contributed by atoms with E-state index in [4.69, 9.17) is 35.8 Å². The lowest BCUT2D eigenvalue weighted by molar-refractivity contribution is 0.669. The summed E-state index contributed by atoms with van der Waals surface area (Å²) in [6.07, 6.45) is 6.05. The van der Waals surface area contributed by atoms with Gasteiger partial charge in [-0.25, -0.2) is 24.9 Å². The lowest BCUT2D eigenvalue weighted by Gasteiger charge is -2.13. The van der Waals surface area contributed by atoms with Crippen LogP contribution in [0.1, 0.15) is 11.1 Å². The van der Waals surface area contributed by atoms with Crippen molar-refractivity contribution in [1.82, 2.24) is 24.9 Å². The average Bonchev–Trinajstić information content (AvgIpc) is 3.88. The van der Waals surface area contributed by atoms with Gasteiger partial charge in [0.1, 0.15) is 11.2 Å². The van der Waals surface area contributed by atoms with Crippen molar-refractivity contribution in [2.75, 3.05) is 0 Å². The minimum absolute atomic E-state index is 0.523. The number of nitrogens with zero attached hydrogens (tertiary/aromatic N) is 5. The van der Waals surface area contributed by atoms with Gasteiger partial charge >= 0.3 is 0 Å². The van der Waals surface area contributed by atoms with Crippen molar-refractivity contribution in [2.24, 2.45) is 0 Å². The number of hydrogen-bond donors (Lipinski definition) is 0. The van der Waals surface area contributed by atoms with Crippen molar-refractivity contribution in [3.63, 3.8) is 0 Å². The first-order valence-electron chi connectivity index (χ1n) is 19.3. The zero-order chi connectivity index (χ0) is 39.5. The van der Waals surface area contributed by atoms with Gasteiger partial charge in [0.2, 0.25) is 0 Å². The molecule has 0 spiro atoms. The number of aromatic nitrogens is 5. The first-order valence-corrected chi connectivity index (χ1v) is 20.1. The SMILES string of the molecule is C#Cc1ccc(-c2nc(-c3ccccc3)nc(-c3cccc4oc5cccc(-c6nc(-c7ccccc7)nc7c6sc6ccccc67)c5c34)n2)cc1-c1ccccc1C. The lowest BCUT2D eigenvalue weighted by atomic mass is 9.94. The Balaban J connectivity index is 1.18. The molecule has 0 aliphatic rings. The number of hydrogen-bond acceptors (Lipinski definition) is 7. The van der Waals surface area contributed by atoms with Gasteiger partial charge in [0.05, 0.1) is 15.9 Å². The molecule has 7 aromatic carbocycles. The molecule has 0 radical (unpaired) electrons. The zero-order valence-electron chi connectivity index (χ0n) is 31.7. The Kier molecular flexibility index (Phi) is 8.17. The van der Waals surface area contributed by atoms with Crippen molar-refractivity contribution < 1.29 is 4.42 Å². The molecule has 0 N–H and O–H groups in total. The second-order valence-corrected chi connectivity index (χ2v) is 15.4. The van der Waals surface area contributed by atoms with E-state index in [1.54, 1.807) is 11.3 Å². The molecule has 6 nitrogen and oxygen atoms in total. The van der Waals surface area contributed by atoms with Crippen LogP contribution >= 0.6 is 11.3 Å². The first-order chi connectivity index (χ1) is 29.1. The van der Waals surface area contributed by atoms with Crippen LogP contribution in [0.3, 0.4) is 0 Å². The maximum Gasteiger partial charge on any atom is 0.164 e. The third-order valence-corrected chi connectivity index (χ3v) is 12.0. The number of rotatable bonds is 6. The van der Waals surface area contributed by atoms with E-state index in [1.165, 1.54) is 0 Å². The molecule has 0 aliphatic heterocycles. The molecular formula is C52H31N5OS. The standard InChI is InChI=1S/C52H31N5OS/c1-3-32-28-29-35(30-40(32)36-21-11-10-16-31(36)2)51-55-50(34-19-8-5-9-20-34)56-52(57-51)39-24-15-26-42-45(39)44-38(23-14-25-41(44)58-42)47-48-46(37-22-12-13-27-43(37)59-48)53-49(54-47)33-17-6-4-7-18-33/h1,4-30H,2H3. The minimum atomic E-state index is 0.523. The van der Waals surface area contributed by atoms with Crippen molar-refractivity contribution in [3.05, 3.63) is 175 Å². The molecule has 0 bridgehead atoms. The number of terminal acetylenes is 1. The van der Waals surface area contributed by atoms with E-state index in [0.717, 1.165) is 98.0 Å². The molecule has 0 saturated carbocycles.